The first-order valence-corrected chi connectivity index (χ1v) is 5.57. The molecule has 0 aliphatic rings. The molecule has 2 N–H and O–H groups in total. The first-order valence-electron chi connectivity index (χ1n) is 5.19. The first-order chi connectivity index (χ1) is 7.66. The van der Waals surface area contributed by atoms with Gasteiger partial charge < -0.3 is 10.2 Å². The highest BCUT2D eigenvalue weighted by atomic mass is 35.5. The largest absolute Gasteiger partial charge is 0.472 e. The Labute approximate surface area is 100 Å². The molecule has 0 bridgehead atoms. The zero-order valence-corrected chi connectivity index (χ0v) is 9.87. The fourth-order valence-electron chi connectivity index (χ4n) is 1.62. The highest BCUT2D eigenvalue weighted by Crippen LogP contribution is 2.22. The van der Waals surface area contributed by atoms with Crippen molar-refractivity contribution in [2.45, 2.75) is 19.4 Å². The van der Waals surface area contributed by atoms with Crippen molar-refractivity contribution < 1.29 is 4.42 Å². The van der Waals surface area contributed by atoms with E-state index in [1.54, 1.807) is 12.5 Å². The number of aryl methyl sites for hydroxylation is 1. The molecular formula is C13H14ClNO. The van der Waals surface area contributed by atoms with Crippen molar-refractivity contribution in [3.63, 3.8) is 0 Å². The molecule has 0 aliphatic heterocycles. The molecule has 0 saturated heterocycles. The molecule has 1 atom stereocenters. The maximum Gasteiger partial charge on any atom is 0.0935 e. The van der Waals surface area contributed by atoms with Crippen LogP contribution in [0.5, 0.6) is 0 Å². The molecule has 2 nitrogen and oxygen atoms in total. The highest BCUT2D eigenvalue weighted by Gasteiger charge is 2.09. The normalized spacial score (nSPS) is 12.7. The molecule has 2 rings (SSSR count). The molecule has 0 radical (unpaired) electrons. The lowest BCUT2D eigenvalue weighted by molar-refractivity contribution is 0.561. The van der Waals surface area contributed by atoms with Crippen LogP contribution in [0.4, 0.5) is 0 Å². The third-order valence-corrected chi connectivity index (χ3v) is 3.07. The molecule has 1 aromatic heterocycles. The molecule has 0 saturated carbocycles. The number of hydrogen-bond acceptors (Lipinski definition) is 2. The number of nitrogens with two attached hydrogens (primary N) is 1. The Morgan fingerprint density at radius 1 is 1.38 bits per heavy atom. The highest BCUT2D eigenvalue weighted by molar-refractivity contribution is 6.31. The van der Waals surface area contributed by atoms with Crippen molar-refractivity contribution >= 4 is 11.6 Å². The topological polar surface area (TPSA) is 39.2 Å². The molecular weight excluding hydrogens is 222 g/mol. The second kappa shape index (κ2) is 4.73. The van der Waals surface area contributed by atoms with Crippen LogP contribution in [0, 0.1) is 6.92 Å². The maximum absolute atomic E-state index is 6.10. The van der Waals surface area contributed by atoms with Gasteiger partial charge in [0.1, 0.15) is 0 Å². The second-order valence-corrected chi connectivity index (χ2v) is 4.36. The van der Waals surface area contributed by atoms with Gasteiger partial charge in [0.05, 0.1) is 12.5 Å². The van der Waals surface area contributed by atoms with Crippen LogP contribution in [0.3, 0.4) is 0 Å². The summed E-state index contributed by atoms with van der Waals surface area (Å²) in [6.07, 6.45) is 4.13. The Hall–Kier alpha value is -1.25. The van der Waals surface area contributed by atoms with E-state index in [0.717, 1.165) is 28.1 Å². The minimum atomic E-state index is -0.0456. The fourth-order valence-corrected chi connectivity index (χ4v) is 1.81. The molecule has 1 heterocycles. The van der Waals surface area contributed by atoms with E-state index < -0.39 is 0 Å². The van der Waals surface area contributed by atoms with Crippen LogP contribution in [-0.4, -0.2) is 0 Å². The van der Waals surface area contributed by atoms with Crippen LogP contribution in [0.1, 0.15) is 22.7 Å². The molecule has 2 aromatic rings. The van der Waals surface area contributed by atoms with Gasteiger partial charge in [-0.1, -0.05) is 23.7 Å². The van der Waals surface area contributed by atoms with Gasteiger partial charge in [-0.2, -0.15) is 0 Å². The molecule has 84 valence electrons. The Balaban J connectivity index is 2.14. The smallest absolute Gasteiger partial charge is 0.0935 e. The summed E-state index contributed by atoms with van der Waals surface area (Å²) in [7, 11) is 0. The number of rotatable bonds is 3. The van der Waals surface area contributed by atoms with E-state index >= 15 is 0 Å². The lowest BCUT2D eigenvalue weighted by Crippen LogP contribution is -2.13. The Bertz CT molecular complexity index is 465. The van der Waals surface area contributed by atoms with Gasteiger partial charge in [-0.15, -0.1) is 0 Å². The van der Waals surface area contributed by atoms with Gasteiger partial charge in [-0.3, -0.25) is 0 Å². The Morgan fingerprint density at radius 2 is 2.19 bits per heavy atom. The van der Waals surface area contributed by atoms with E-state index in [1.165, 1.54) is 0 Å². The number of hydrogen-bond donors (Lipinski definition) is 1. The Kier molecular flexibility index (Phi) is 3.32. The predicted molar refractivity (Wildman–Crippen MR) is 65.5 cm³/mol. The molecule has 3 heteroatoms. The average Bonchev–Trinajstić information content (AvgIpc) is 2.74. The summed E-state index contributed by atoms with van der Waals surface area (Å²) in [5.74, 6) is 0. The third kappa shape index (κ3) is 2.46. The quantitative estimate of drug-likeness (QED) is 0.885. The van der Waals surface area contributed by atoms with Gasteiger partial charge in [-0.05, 0) is 42.2 Å². The van der Waals surface area contributed by atoms with Crippen LogP contribution in [-0.2, 0) is 6.42 Å². The molecule has 16 heavy (non-hydrogen) atoms. The van der Waals surface area contributed by atoms with Gasteiger partial charge in [0.25, 0.3) is 0 Å². The van der Waals surface area contributed by atoms with Crippen molar-refractivity contribution in [2.75, 3.05) is 0 Å². The maximum atomic E-state index is 6.10. The van der Waals surface area contributed by atoms with Gasteiger partial charge in [0.15, 0.2) is 0 Å². The third-order valence-electron chi connectivity index (χ3n) is 2.66. The summed E-state index contributed by atoms with van der Waals surface area (Å²) in [5, 5.41) is 0.764. The number of furan rings is 1. The van der Waals surface area contributed by atoms with Crippen molar-refractivity contribution in [2.24, 2.45) is 5.73 Å². The molecule has 0 fully saturated rings. The molecule has 1 unspecified atom stereocenters. The van der Waals surface area contributed by atoms with Gasteiger partial charge in [-0.25, -0.2) is 0 Å². The summed E-state index contributed by atoms with van der Waals surface area (Å²) < 4.78 is 5.01. The van der Waals surface area contributed by atoms with Crippen LogP contribution in [0.15, 0.2) is 41.2 Å². The van der Waals surface area contributed by atoms with Crippen LogP contribution in [0.25, 0.3) is 0 Å². The standard InChI is InChI=1S/C13H14ClNO/c1-9-2-3-11(7-12(9)14)13(15)6-10-4-5-16-8-10/h2-5,7-8,13H,6,15H2,1H3. The van der Waals surface area contributed by atoms with Crippen molar-refractivity contribution in [1.82, 2.24) is 0 Å². The van der Waals surface area contributed by atoms with Crippen molar-refractivity contribution in [3.05, 3.63) is 58.5 Å². The molecule has 0 amide bonds. The zero-order valence-electron chi connectivity index (χ0n) is 9.11. The SMILES string of the molecule is Cc1ccc(C(N)Cc2ccoc2)cc1Cl. The van der Waals surface area contributed by atoms with Gasteiger partial charge in [0.2, 0.25) is 0 Å². The molecule has 0 spiro atoms. The molecule has 0 aliphatic carbocycles. The van der Waals surface area contributed by atoms with E-state index in [9.17, 15) is 0 Å². The fraction of sp³-hybridized carbons (Fsp3) is 0.231. The average molecular weight is 236 g/mol. The van der Waals surface area contributed by atoms with Crippen LogP contribution in [0.2, 0.25) is 5.02 Å². The monoisotopic (exact) mass is 235 g/mol. The van der Waals surface area contributed by atoms with E-state index in [4.69, 9.17) is 21.8 Å². The van der Waals surface area contributed by atoms with E-state index in [0.29, 0.717) is 0 Å². The number of benzene rings is 1. The Morgan fingerprint density at radius 3 is 2.81 bits per heavy atom. The minimum Gasteiger partial charge on any atom is -0.472 e. The molecule has 1 aromatic carbocycles. The van der Waals surface area contributed by atoms with E-state index in [1.807, 2.05) is 31.2 Å². The van der Waals surface area contributed by atoms with Crippen molar-refractivity contribution in [3.8, 4) is 0 Å². The van der Waals surface area contributed by atoms with E-state index in [2.05, 4.69) is 0 Å². The summed E-state index contributed by atoms with van der Waals surface area (Å²) in [4.78, 5) is 0. The summed E-state index contributed by atoms with van der Waals surface area (Å²) in [5.41, 5.74) is 9.33. The van der Waals surface area contributed by atoms with E-state index in [-0.39, 0.29) is 6.04 Å². The van der Waals surface area contributed by atoms with Gasteiger partial charge >= 0.3 is 0 Å². The minimum absolute atomic E-state index is 0.0456. The van der Waals surface area contributed by atoms with Crippen LogP contribution < -0.4 is 5.73 Å². The predicted octanol–water partition coefficient (Wildman–Crippen LogP) is 3.48. The summed E-state index contributed by atoms with van der Waals surface area (Å²) in [6, 6.07) is 7.83. The zero-order chi connectivity index (χ0) is 11.5. The second-order valence-electron chi connectivity index (χ2n) is 3.95. The van der Waals surface area contributed by atoms with Gasteiger partial charge in [0, 0.05) is 11.1 Å². The summed E-state index contributed by atoms with van der Waals surface area (Å²) >= 11 is 6.07. The summed E-state index contributed by atoms with van der Waals surface area (Å²) in [6.45, 7) is 1.98. The number of halogens is 1. The lowest BCUT2D eigenvalue weighted by atomic mass is 10.0. The first kappa shape index (κ1) is 11.2. The van der Waals surface area contributed by atoms with Crippen LogP contribution >= 0.6 is 11.6 Å². The lowest BCUT2D eigenvalue weighted by Gasteiger charge is -2.11. The van der Waals surface area contributed by atoms with Crippen molar-refractivity contribution in [1.29, 1.82) is 0 Å².